The lowest BCUT2D eigenvalue weighted by molar-refractivity contribution is -0.154. The van der Waals surface area contributed by atoms with Crippen molar-refractivity contribution in [1.82, 2.24) is 16.1 Å². The van der Waals surface area contributed by atoms with Gasteiger partial charge in [-0.15, -0.1) is 0 Å². The number of nitrogens with two attached hydrogens (primary N) is 1. The maximum atomic E-state index is 12.0. The summed E-state index contributed by atoms with van der Waals surface area (Å²) in [5, 5.41) is 12.9. The molecule has 0 radical (unpaired) electrons. The zero-order chi connectivity index (χ0) is 22.3. The number of carbonyl (C=O) groups excluding carboxylic acids is 4. The molecule has 0 aliphatic carbocycles. The minimum Gasteiger partial charge on any atom is -0.481 e. The van der Waals surface area contributed by atoms with Gasteiger partial charge in [0, 0.05) is 0 Å². The number of imide groups is 2. The van der Waals surface area contributed by atoms with Crippen LogP contribution >= 0.6 is 0 Å². The second-order valence-corrected chi connectivity index (χ2v) is 6.59. The Morgan fingerprint density at radius 2 is 1.59 bits per heavy atom. The minimum atomic E-state index is -1.68. The van der Waals surface area contributed by atoms with Gasteiger partial charge in [0.15, 0.2) is 0 Å². The van der Waals surface area contributed by atoms with Gasteiger partial charge >= 0.3 is 18.0 Å². The van der Waals surface area contributed by atoms with E-state index in [2.05, 4.69) is 17.1 Å². The summed E-state index contributed by atoms with van der Waals surface area (Å²) in [4.78, 5) is 56.3. The van der Waals surface area contributed by atoms with Crippen molar-refractivity contribution in [3.8, 4) is 0 Å². The number of carboxylic acids is 1. The van der Waals surface area contributed by atoms with Crippen molar-refractivity contribution in [2.75, 3.05) is 13.2 Å². The number of carbonyl (C=O) groups is 5. The van der Waals surface area contributed by atoms with E-state index in [9.17, 15) is 24.0 Å². The number of urea groups is 1. The van der Waals surface area contributed by atoms with Gasteiger partial charge in [0.25, 0.3) is 0 Å². The highest BCUT2D eigenvalue weighted by Gasteiger charge is 2.51. The summed E-state index contributed by atoms with van der Waals surface area (Å²) < 4.78 is 4.50. The van der Waals surface area contributed by atoms with Gasteiger partial charge in [-0.3, -0.25) is 35.7 Å². The molecule has 6 N–H and O–H groups in total. The van der Waals surface area contributed by atoms with Gasteiger partial charge in [-0.1, -0.05) is 45.4 Å². The lowest BCUT2D eigenvalue weighted by Crippen LogP contribution is -2.62. The van der Waals surface area contributed by atoms with E-state index in [-0.39, 0.29) is 18.9 Å². The third-order valence-electron chi connectivity index (χ3n) is 4.29. The average molecular weight is 416 g/mol. The summed E-state index contributed by atoms with van der Waals surface area (Å²) in [5.41, 5.74) is 0.502. The number of unbranched alkanes of at least 4 members (excludes halogenated alkanes) is 5. The molecule has 0 spiro atoms. The van der Waals surface area contributed by atoms with Crippen LogP contribution in [0.1, 0.15) is 65.2 Å². The van der Waals surface area contributed by atoms with E-state index in [0.29, 0.717) is 13.0 Å². The Bertz CT molecular complexity index is 553. The van der Waals surface area contributed by atoms with Gasteiger partial charge in [0.1, 0.15) is 12.0 Å². The number of barbiturate groups is 1. The highest BCUT2D eigenvalue weighted by Crippen LogP contribution is 2.32. The van der Waals surface area contributed by atoms with Crippen molar-refractivity contribution in [2.24, 2.45) is 11.3 Å². The molecule has 0 aromatic heterocycles. The molecule has 4 amide bonds. The van der Waals surface area contributed by atoms with Crippen LogP contribution in [0, 0.1) is 5.41 Å². The molecule has 0 bridgehead atoms. The molecule has 1 heterocycles. The number of amides is 4. The summed E-state index contributed by atoms with van der Waals surface area (Å²) in [6, 6.07) is -0.894. The predicted molar refractivity (Wildman–Crippen MR) is 103 cm³/mol. The molecule has 1 rings (SSSR count). The molecule has 1 aliphatic rings. The lowest BCUT2D eigenvalue weighted by atomic mass is 9.76. The molecule has 0 atom stereocenters. The SMILES string of the molecule is CCCCCCCCC1(CC(=O)O)C(=O)NC(=O)NC1=O.CCOC(=O)CNN. The van der Waals surface area contributed by atoms with E-state index in [1.807, 2.05) is 10.6 Å². The first-order chi connectivity index (χ1) is 13.7. The summed E-state index contributed by atoms with van der Waals surface area (Å²) in [6.45, 7) is 4.33. The number of hydrazine groups is 1. The second kappa shape index (κ2) is 14.5. The van der Waals surface area contributed by atoms with Crippen LogP contribution in [0.15, 0.2) is 0 Å². The average Bonchev–Trinajstić information content (AvgIpc) is 2.63. The molecule has 11 heteroatoms. The molecule has 0 saturated carbocycles. The van der Waals surface area contributed by atoms with E-state index < -0.39 is 35.7 Å². The Hall–Kier alpha value is -2.53. The van der Waals surface area contributed by atoms with Crippen molar-refractivity contribution < 1.29 is 33.8 Å². The van der Waals surface area contributed by atoms with Crippen molar-refractivity contribution in [3.63, 3.8) is 0 Å². The van der Waals surface area contributed by atoms with E-state index in [0.717, 1.165) is 32.1 Å². The lowest BCUT2D eigenvalue weighted by Gasteiger charge is -2.32. The van der Waals surface area contributed by atoms with Crippen LogP contribution in [0.2, 0.25) is 0 Å². The van der Waals surface area contributed by atoms with Crippen LogP contribution in [-0.2, 0) is 23.9 Å². The third kappa shape index (κ3) is 9.99. The summed E-state index contributed by atoms with van der Waals surface area (Å²) in [7, 11) is 0. The third-order valence-corrected chi connectivity index (χ3v) is 4.29. The van der Waals surface area contributed by atoms with Gasteiger partial charge in [0.2, 0.25) is 11.8 Å². The number of nitrogens with one attached hydrogen (secondary N) is 3. The molecule has 1 aliphatic heterocycles. The number of aliphatic carboxylic acids is 1. The zero-order valence-corrected chi connectivity index (χ0v) is 17.0. The molecule has 29 heavy (non-hydrogen) atoms. The fourth-order valence-corrected chi connectivity index (χ4v) is 2.82. The molecule has 0 aromatic carbocycles. The van der Waals surface area contributed by atoms with Crippen molar-refractivity contribution in [3.05, 3.63) is 0 Å². The highest BCUT2D eigenvalue weighted by atomic mass is 16.5. The summed E-state index contributed by atoms with van der Waals surface area (Å²) >= 11 is 0. The normalized spacial score (nSPS) is 14.9. The van der Waals surface area contributed by atoms with Crippen LogP contribution in [0.25, 0.3) is 0 Å². The molecule has 11 nitrogen and oxygen atoms in total. The second-order valence-electron chi connectivity index (χ2n) is 6.59. The molecule has 0 aromatic rings. The topological polar surface area (TPSA) is 177 Å². The zero-order valence-electron chi connectivity index (χ0n) is 17.0. The van der Waals surface area contributed by atoms with Crippen LogP contribution in [-0.4, -0.2) is 48.0 Å². The number of hydrogen-bond acceptors (Lipinski definition) is 8. The number of carboxylic acid groups (broad SMARTS) is 1. The molecule has 1 fully saturated rings. The van der Waals surface area contributed by atoms with Crippen LogP contribution in [0.4, 0.5) is 4.79 Å². The molecule has 0 unspecified atom stereocenters. The van der Waals surface area contributed by atoms with E-state index in [1.165, 1.54) is 0 Å². The molecular formula is C18H32N4O7. The predicted octanol–water partition coefficient (Wildman–Crippen LogP) is 0.577. The van der Waals surface area contributed by atoms with Gasteiger partial charge in [-0.2, -0.15) is 0 Å². The molecular weight excluding hydrogens is 384 g/mol. The highest BCUT2D eigenvalue weighted by molar-refractivity contribution is 6.20. The van der Waals surface area contributed by atoms with Gasteiger partial charge in [-0.05, 0) is 13.3 Å². The van der Waals surface area contributed by atoms with Crippen LogP contribution in [0.3, 0.4) is 0 Å². The Balaban J connectivity index is 0.000000828. The van der Waals surface area contributed by atoms with Crippen LogP contribution < -0.4 is 21.9 Å². The van der Waals surface area contributed by atoms with Gasteiger partial charge < -0.3 is 9.84 Å². The quantitative estimate of drug-likeness (QED) is 0.100. The largest absolute Gasteiger partial charge is 0.481 e. The Morgan fingerprint density at radius 3 is 2.07 bits per heavy atom. The minimum absolute atomic E-state index is 0.0772. The smallest absolute Gasteiger partial charge is 0.328 e. The standard InChI is InChI=1S/C14H22N2O5.C4H10N2O2/c1-2-3-4-5-6-7-8-14(9-10(17)18)11(19)15-13(21)16-12(14)20;1-2-8-4(7)3-6-5/h2-9H2,1H3,(H,17,18)(H2,15,16,19,20,21);6H,2-3,5H2,1H3. The first-order valence-corrected chi connectivity index (χ1v) is 9.71. The van der Waals surface area contributed by atoms with E-state index in [1.54, 1.807) is 6.92 Å². The number of ether oxygens (including phenoxy) is 1. The first-order valence-electron chi connectivity index (χ1n) is 9.71. The Morgan fingerprint density at radius 1 is 1.03 bits per heavy atom. The first kappa shape index (κ1) is 26.5. The van der Waals surface area contributed by atoms with Gasteiger partial charge in [0.05, 0.1) is 13.0 Å². The molecule has 166 valence electrons. The van der Waals surface area contributed by atoms with Crippen molar-refractivity contribution in [2.45, 2.75) is 65.2 Å². The summed E-state index contributed by atoms with van der Waals surface area (Å²) in [5.74, 6) is 1.62. The monoisotopic (exact) mass is 416 g/mol. The van der Waals surface area contributed by atoms with Crippen molar-refractivity contribution in [1.29, 1.82) is 0 Å². The van der Waals surface area contributed by atoms with E-state index in [4.69, 9.17) is 10.9 Å². The maximum absolute atomic E-state index is 12.0. The van der Waals surface area contributed by atoms with E-state index >= 15 is 0 Å². The Kier molecular flexibility index (Phi) is 13.2. The fraction of sp³-hybridized carbons (Fsp3) is 0.722. The fourth-order valence-electron chi connectivity index (χ4n) is 2.82. The number of esters is 1. The van der Waals surface area contributed by atoms with Gasteiger partial charge in [-0.25, -0.2) is 10.2 Å². The Labute approximate surface area is 170 Å². The number of rotatable bonds is 12. The number of hydrogen-bond donors (Lipinski definition) is 5. The molecule has 1 saturated heterocycles. The van der Waals surface area contributed by atoms with Crippen molar-refractivity contribution >= 4 is 29.8 Å². The van der Waals surface area contributed by atoms with Crippen LogP contribution in [0.5, 0.6) is 0 Å². The summed E-state index contributed by atoms with van der Waals surface area (Å²) in [6.07, 6.45) is 5.26. The maximum Gasteiger partial charge on any atom is 0.328 e.